The van der Waals surface area contributed by atoms with Crippen LogP contribution in [-0.4, -0.2) is 4.57 Å². The summed E-state index contributed by atoms with van der Waals surface area (Å²) in [5.41, 5.74) is 20.2. The third-order valence-electron chi connectivity index (χ3n) is 15.7. The summed E-state index contributed by atoms with van der Waals surface area (Å²) in [5, 5.41) is 6.74. The van der Waals surface area contributed by atoms with Gasteiger partial charge in [-0.2, -0.15) is 0 Å². The molecule has 0 spiro atoms. The lowest BCUT2D eigenvalue weighted by molar-refractivity contribution is 0.671. The normalized spacial score (nSPS) is 11.5. The molecule has 4 heteroatoms. The Morgan fingerprint density at radius 1 is 0.275 bits per heavy atom. The molecular weight excluding hydrogens is 971 g/mol. The van der Waals surface area contributed by atoms with E-state index in [2.05, 4.69) is 324 Å². The highest BCUT2D eigenvalue weighted by atomic mass is 16.3. The number of fused-ring (bicyclic) bond motifs is 8. The maximum absolute atomic E-state index is 7.19. The van der Waals surface area contributed by atoms with Crippen LogP contribution in [0.4, 0.5) is 34.1 Å². The van der Waals surface area contributed by atoms with Crippen molar-refractivity contribution >= 4 is 88.6 Å². The third kappa shape index (κ3) is 8.26. The van der Waals surface area contributed by atoms with E-state index in [9.17, 15) is 0 Å². The molecule has 0 amide bonds. The van der Waals surface area contributed by atoms with Gasteiger partial charge < -0.3 is 18.8 Å². The van der Waals surface area contributed by atoms with E-state index in [-0.39, 0.29) is 0 Å². The Morgan fingerprint density at radius 3 is 1.27 bits per heavy atom. The minimum absolute atomic E-state index is 0.840. The fraction of sp³-hybridized carbons (Fsp3) is 0. The van der Waals surface area contributed by atoms with Gasteiger partial charge in [0.2, 0.25) is 0 Å². The summed E-state index contributed by atoms with van der Waals surface area (Å²) in [5.74, 6) is 0. The molecule has 0 saturated heterocycles. The summed E-state index contributed by atoms with van der Waals surface area (Å²) in [7, 11) is 0. The van der Waals surface area contributed by atoms with Crippen LogP contribution in [0, 0.1) is 0 Å². The van der Waals surface area contributed by atoms with Crippen LogP contribution in [0.1, 0.15) is 0 Å². The fourth-order valence-corrected chi connectivity index (χ4v) is 11.9. The molecule has 80 heavy (non-hydrogen) atoms. The first-order valence-electron chi connectivity index (χ1n) is 27.3. The van der Waals surface area contributed by atoms with E-state index in [1.807, 2.05) is 0 Å². The minimum atomic E-state index is 0.840. The molecule has 0 unspecified atom stereocenters. The van der Waals surface area contributed by atoms with E-state index in [0.717, 1.165) is 117 Å². The highest BCUT2D eigenvalue weighted by Crippen LogP contribution is 2.49. The van der Waals surface area contributed by atoms with Crippen LogP contribution < -0.4 is 9.80 Å². The molecule has 0 fully saturated rings. The summed E-state index contributed by atoms with van der Waals surface area (Å²) < 4.78 is 9.57. The van der Waals surface area contributed by atoms with E-state index in [0.29, 0.717) is 0 Å². The zero-order chi connectivity index (χ0) is 52.9. The third-order valence-corrected chi connectivity index (χ3v) is 15.7. The quantitative estimate of drug-likeness (QED) is 0.129. The van der Waals surface area contributed by atoms with Crippen LogP contribution in [0.2, 0.25) is 0 Å². The van der Waals surface area contributed by atoms with Crippen molar-refractivity contribution in [1.82, 2.24) is 4.57 Å². The monoisotopic (exact) mass is 1020 g/mol. The van der Waals surface area contributed by atoms with Crippen LogP contribution >= 0.6 is 0 Å². The second-order valence-electron chi connectivity index (χ2n) is 20.5. The van der Waals surface area contributed by atoms with Gasteiger partial charge in [0.1, 0.15) is 5.58 Å². The van der Waals surface area contributed by atoms with Gasteiger partial charge >= 0.3 is 0 Å². The summed E-state index contributed by atoms with van der Waals surface area (Å²) in [6, 6.07) is 112. The second kappa shape index (κ2) is 19.7. The Balaban J connectivity index is 1.03. The number of para-hydroxylation sites is 3. The second-order valence-corrected chi connectivity index (χ2v) is 20.5. The molecule has 15 rings (SSSR count). The fourth-order valence-electron chi connectivity index (χ4n) is 11.9. The highest BCUT2D eigenvalue weighted by molar-refractivity contribution is 6.26. The molecular formula is C76H51N3O. The van der Waals surface area contributed by atoms with Crippen LogP contribution in [0.3, 0.4) is 0 Å². The van der Waals surface area contributed by atoms with Crippen LogP contribution in [-0.2, 0) is 0 Å². The molecule has 0 saturated carbocycles. The summed E-state index contributed by atoms with van der Waals surface area (Å²) in [4.78, 5) is 4.84. The van der Waals surface area contributed by atoms with Crippen LogP contribution in [0.15, 0.2) is 314 Å². The molecule has 15 aromatic rings. The molecule has 0 atom stereocenters. The molecule has 0 N–H and O–H groups in total. The van der Waals surface area contributed by atoms with Gasteiger partial charge in [-0.15, -0.1) is 0 Å². The number of hydrogen-bond acceptors (Lipinski definition) is 3. The number of benzene rings is 13. The molecule has 2 heterocycles. The van der Waals surface area contributed by atoms with Crippen molar-refractivity contribution in [3.05, 3.63) is 309 Å². The van der Waals surface area contributed by atoms with Gasteiger partial charge in [-0.25, -0.2) is 0 Å². The summed E-state index contributed by atoms with van der Waals surface area (Å²) >= 11 is 0. The zero-order valence-corrected chi connectivity index (χ0v) is 43.7. The summed E-state index contributed by atoms with van der Waals surface area (Å²) in [6.45, 7) is 0. The maximum Gasteiger partial charge on any atom is 0.160 e. The van der Waals surface area contributed by atoms with E-state index < -0.39 is 0 Å². The average Bonchev–Trinajstić information content (AvgIpc) is 4.15. The Kier molecular flexibility index (Phi) is 11.5. The first-order valence-corrected chi connectivity index (χ1v) is 27.3. The van der Waals surface area contributed by atoms with Gasteiger partial charge in [0.25, 0.3) is 0 Å². The Morgan fingerprint density at radius 2 is 0.713 bits per heavy atom. The lowest BCUT2D eigenvalue weighted by atomic mass is 9.95. The number of hydrogen-bond donors (Lipinski definition) is 0. The van der Waals surface area contributed by atoms with Crippen molar-refractivity contribution in [3.63, 3.8) is 0 Å². The predicted molar refractivity (Wildman–Crippen MR) is 337 cm³/mol. The van der Waals surface area contributed by atoms with Crippen molar-refractivity contribution < 1.29 is 4.42 Å². The Hall–Kier alpha value is -10.7. The molecule has 13 aromatic carbocycles. The highest BCUT2D eigenvalue weighted by Gasteiger charge is 2.26. The van der Waals surface area contributed by atoms with Gasteiger partial charge in [-0.1, -0.05) is 212 Å². The van der Waals surface area contributed by atoms with Crippen LogP contribution in [0.25, 0.3) is 105 Å². The minimum Gasteiger partial charge on any atom is -0.454 e. The number of anilines is 6. The molecule has 0 aliphatic carbocycles. The van der Waals surface area contributed by atoms with E-state index in [1.165, 1.54) is 22.1 Å². The van der Waals surface area contributed by atoms with Crippen molar-refractivity contribution in [3.8, 4) is 50.2 Å². The molecule has 0 aliphatic rings. The first-order chi connectivity index (χ1) is 39.7. The van der Waals surface area contributed by atoms with Crippen molar-refractivity contribution in [2.45, 2.75) is 0 Å². The predicted octanol–water partition coefficient (Wildman–Crippen LogP) is 21.4. The van der Waals surface area contributed by atoms with Gasteiger partial charge in [0.15, 0.2) is 5.58 Å². The number of aromatic nitrogens is 1. The smallest absolute Gasteiger partial charge is 0.160 e. The van der Waals surface area contributed by atoms with E-state index >= 15 is 0 Å². The maximum atomic E-state index is 7.19. The van der Waals surface area contributed by atoms with Gasteiger partial charge in [-0.05, 0) is 152 Å². The SMILES string of the molecule is c1ccc(-c2ccc(N(c3ccc(-c4ccccc4)cc3)c3cc(-c4cc5c6ccccc6n(-c6ccccc6)c5c5oc6ccccc6c45)cc(N(c4ccc(-c5ccccc5)cc4)c4ccc5ccccc5c4)c3)cc2)cc1. The molecule has 0 bridgehead atoms. The Bertz CT molecular complexity index is 4640. The van der Waals surface area contributed by atoms with Crippen molar-refractivity contribution in [2.75, 3.05) is 9.80 Å². The molecule has 4 nitrogen and oxygen atoms in total. The van der Waals surface area contributed by atoms with Gasteiger partial charge in [-0.3, -0.25) is 0 Å². The topological polar surface area (TPSA) is 24.6 Å². The lowest BCUT2D eigenvalue weighted by Crippen LogP contribution is -2.14. The zero-order valence-electron chi connectivity index (χ0n) is 43.7. The van der Waals surface area contributed by atoms with Gasteiger partial charge in [0, 0.05) is 61.4 Å². The van der Waals surface area contributed by atoms with Crippen molar-refractivity contribution in [1.29, 1.82) is 0 Å². The average molecular weight is 1020 g/mol. The van der Waals surface area contributed by atoms with E-state index in [4.69, 9.17) is 4.42 Å². The molecule has 2 aromatic heterocycles. The van der Waals surface area contributed by atoms with Crippen molar-refractivity contribution in [2.24, 2.45) is 0 Å². The standard InChI is InChI=1S/C76H51N3O/c1-5-19-52(20-6-1)56-33-40-62(41-34-56)77(63-42-35-57(36-43-63)53-21-7-2-8-22-53)66-48-60(49-67(50-66)78(65-46-39-55-25-13-14-26-59(55)47-65)64-44-37-58(38-45-64)54-23-9-3-10-24-54)70-51-71-68-29-15-17-31-72(68)79(61-27-11-4-12-28-61)75(71)76-74(70)69-30-16-18-32-73(69)80-76/h1-51H. The largest absolute Gasteiger partial charge is 0.454 e. The Labute approximate surface area is 464 Å². The number of nitrogens with zero attached hydrogens (tertiary/aromatic N) is 3. The molecule has 0 aliphatic heterocycles. The first kappa shape index (κ1) is 46.6. The lowest BCUT2D eigenvalue weighted by Gasteiger charge is -2.31. The summed E-state index contributed by atoms with van der Waals surface area (Å²) in [6.07, 6.45) is 0. The number of furan rings is 1. The molecule has 376 valence electrons. The number of rotatable bonds is 11. The molecule has 0 radical (unpaired) electrons. The van der Waals surface area contributed by atoms with Gasteiger partial charge in [0.05, 0.1) is 11.0 Å². The van der Waals surface area contributed by atoms with E-state index in [1.54, 1.807) is 0 Å². The van der Waals surface area contributed by atoms with Crippen LogP contribution in [0.5, 0.6) is 0 Å².